The number of halogens is 1. The fourth-order valence-electron chi connectivity index (χ4n) is 2.50. The van der Waals surface area contributed by atoms with Crippen LogP contribution in [0.4, 0.5) is 5.82 Å². The van der Waals surface area contributed by atoms with Crippen LogP contribution in [0, 0.1) is 12.8 Å². The van der Waals surface area contributed by atoms with E-state index in [0.717, 1.165) is 36.7 Å². The van der Waals surface area contributed by atoms with Crippen molar-refractivity contribution in [2.45, 2.75) is 32.1 Å². The van der Waals surface area contributed by atoms with Crippen molar-refractivity contribution in [2.75, 3.05) is 24.6 Å². The van der Waals surface area contributed by atoms with E-state index in [9.17, 15) is 5.11 Å². The topological polar surface area (TPSA) is 49.2 Å². The van der Waals surface area contributed by atoms with Gasteiger partial charge in [-0.15, -0.1) is 0 Å². The van der Waals surface area contributed by atoms with Gasteiger partial charge in [0.05, 0.1) is 0 Å². The Hall–Kier alpha value is -0.870. The molecule has 1 saturated carbocycles. The Labute approximate surface area is 112 Å². The molecule has 2 heterocycles. The van der Waals surface area contributed by atoms with E-state index in [-0.39, 0.29) is 6.61 Å². The lowest BCUT2D eigenvalue weighted by molar-refractivity contribution is 0.238. The molecule has 1 saturated heterocycles. The van der Waals surface area contributed by atoms with Crippen molar-refractivity contribution in [3.63, 3.8) is 0 Å². The summed E-state index contributed by atoms with van der Waals surface area (Å²) in [6.45, 7) is 4.04. The van der Waals surface area contributed by atoms with Crippen LogP contribution in [0.3, 0.4) is 0 Å². The van der Waals surface area contributed by atoms with Gasteiger partial charge >= 0.3 is 0 Å². The van der Waals surface area contributed by atoms with Crippen LogP contribution in [-0.4, -0.2) is 34.8 Å². The van der Waals surface area contributed by atoms with Gasteiger partial charge < -0.3 is 10.0 Å². The first-order valence-corrected chi connectivity index (χ1v) is 6.96. The molecule has 1 unspecified atom stereocenters. The number of hydrogen-bond acceptors (Lipinski definition) is 4. The Morgan fingerprint density at radius 2 is 2.11 bits per heavy atom. The van der Waals surface area contributed by atoms with Gasteiger partial charge in [0.15, 0.2) is 0 Å². The molecule has 1 atom stereocenters. The van der Waals surface area contributed by atoms with E-state index in [1.54, 1.807) is 0 Å². The number of aromatic nitrogens is 2. The summed E-state index contributed by atoms with van der Waals surface area (Å²) in [5, 5.41) is 9.80. The lowest BCUT2D eigenvalue weighted by Gasteiger charge is -2.20. The van der Waals surface area contributed by atoms with Crippen LogP contribution in [0.25, 0.3) is 0 Å². The Morgan fingerprint density at radius 3 is 2.72 bits per heavy atom. The highest BCUT2D eigenvalue weighted by molar-refractivity contribution is 6.30. The predicted octanol–water partition coefficient (Wildman–Crippen LogP) is 2.13. The number of hydrogen-bond donors (Lipinski definition) is 1. The Bertz CT molecular complexity index is 462. The van der Waals surface area contributed by atoms with Crippen molar-refractivity contribution in [3.8, 4) is 0 Å². The minimum atomic E-state index is 0.254. The van der Waals surface area contributed by atoms with Crippen molar-refractivity contribution >= 4 is 17.4 Å². The third-order valence-electron chi connectivity index (χ3n) is 3.86. The van der Waals surface area contributed by atoms with Gasteiger partial charge in [0, 0.05) is 37.1 Å². The summed E-state index contributed by atoms with van der Waals surface area (Å²) in [7, 11) is 0. The second-order valence-corrected chi connectivity index (χ2v) is 5.74. The maximum atomic E-state index is 9.22. The molecule has 1 aromatic rings. The molecule has 5 heteroatoms. The van der Waals surface area contributed by atoms with Crippen LogP contribution < -0.4 is 4.90 Å². The standard InChI is InChI=1S/C13H18ClN3O/c1-8-11(14)15-12(10-2-3-10)16-13(8)17-5-4-9(6-17)7-18/h9-10,18H,2-7H2,1H3. The second-order valence-electron chi connectivity index (χ2n) is 5.38. The fraction of sp³-hybridized carbons (Fsp3) is 0.692. The summed E-state index contributed by atoms with van der Waals surface area (Å²) in [6.07, 6.45) is 3.38. The Kier molecular flexibility index (Phi) is 3.16. The van der Waals surface area contributed by atoms with Crippen molar-refractivity contribution in [3.05, 3.63) is 16.5 Å². The van der Waals surface area contributed by atoms with Crippen LogP contribution in [0.1, 0.15) is 36.6 Å². The summed E-state index contributed by atoms with van der Waals surface area (Å²) < 4.78 is 0. The van der Waals surface area contributed by atoms with Crippen molar-refractivity contribution < 1.29 is 5.11 Å². The molecule has 18 heavy (non-hydrogen) atoms. The minimum Gasteiger partial charge on any atom is -0.396 e. The quantitative estimate of drug-likeness (QED) is 0.853. The van der Waals surface area contributed by atoms with Crippen molar-refractivity contribution in [1.82, 2.24) is 9.97 Å². The molecule has 98 valence electrons. The molecule has 0 radical (unpaired) electrons. The molecule has 1 aliphatic carbocycles. The number of aliphatic hydroxyl groups is 1. The van der Waals surface area contributed by atoms with Gasteiger partial charge in [0.25, 0.3) is 0 Å². The highest BCUT2D eigenvalue weighted by Gasteiger charge is 2.30. The summed E-state index contributed by atoms with van der Waals surface area (Å²) in [6, 6.07) is 0. The molecule has 0 bridgehead atoms. The molecular weight excluding hydrogens is 250 g/mol. The molecule has 1 N–H and O–H groups in total. The molecule has 0 amide bonds. The van der Waals surface area contributed by atoms with Gasteiger partial charge in [-0.3, -0.25) is 0 Å². The van der Waals surface area contributed by atoms with E-state index in [1.807, 2.05) is 6.92 Å². The first-order valence-electron chi connectivity index (χ1n) is 6.59. The molecular formula is C13H18ClN3O. The Morgan fingerprint density at radius 1 is 1.33 bits per heavy atom. The summed E-state index contributed by atoms with van der Waals surface area (Å²) in [4.78, 5) is 11.3. The highest BCUT2D eigenvalue weighted by Crippen LogP contribution is 2.40. The van der Waals surface area contributed by atoms with E-state index in [0.29, 0.717) is 17.0 Å². The first-order chi connectivity index (χ1) is 8.69. The van der Waals surface area contributed by atoms with Gasteiger partial charge in [0.2, 0.25) is 0 Å². The summed E-state index contributed by atoms with van der Waals surface area (Å²) >= 11 is 6.21. The van der Waals surface area contributed by atoms with Gasteiger partial charge in [-0.05, 0) is 26.2 Å². The molecule has 4 nitrogen and oxygen atoms in total. The lowest BCUT2D eigenvalue weighted by atomic mass is 10.1. The number of rotatable bonds is 3. The van der Waals surface area contributed by atoms with Gasteiger partial charge in [-0.1, -0.05) is 11.6 Å². The molecule has 0 spiro atoms. The maximum absolute atomic E-state index is 9.22. The second kappa shape index (κ2) is 4.67. The van der Waals surface area contributed by atoms with E-state index in [2.05, 4.69) is 9.88 Å². The highest BCUT2D eigenvalue weighted by atomic mass is 35.5. The predicted molar refractivity (Wildman–Crippen MR) is 71.2 cm³/mol. The Balaban J connectivity index is 1.90. The normalized spacial score (nSPS) is 23.7. The van der Waals surface area contributed by atoms with Crippen molar-refractivity contribution in [1.29, 1.82) is 0 Å². The minimum absolute atomic E-state index is 0.254. The van der Waals surface area contributed by atoms with Crippen molar-refractivity contribution in [2.24, 2.45) is 5.92 Å². The first kappa shape index (κ1) is 12.2. The molecule has 1 aliphatic heterocycles. The van der Waals surface area contributed by atoms with E-state index in [1.165, 1.54) is 12.8 Å². The average molecular weight is 268 g/mol. The van der Waals surface area contributed by atoms with E-state index in [4.69, 9.17) is 16.6 Å². The van der Waals surface area contributed by atoms with Crippen LogP contribution >= 0.6 is 11.6 Å². The monoisotopic (exact) mass is 267 g/mol. The van der Waals surface area contributed by atoms with Crippen LogP contribution in [-0.2, 0) is 0 Å². The molecule has 1 aromatic heterocycles. The smallest absolute Gasteiger partial charge is 0.137 e. The van der Waals surface area contributed by atoms with Gasteiger partial charge in [0.1, 0.15) is 16.8 Å². The van der Waals surface area contributed by atoms with E-state index >= 15 is 0 Å². The number of aliphatic hydroxyl groups excluding tert-OH is 1. The molecule has 3 rings (SSSR count). The van der Waals surface area contributed by atoms with Crippen LogP contribution in [0.2, 0.25) is 5.15 Å². The van der Waals surface area contributed by atoms with Gasteiger partial charge in [-0.2, -0.15) is 0 Å². The number of nitrogens with zero attached hydrogens (tertiary/aromatic N) is 3. The maximum Gasteiger partial charge on any atom is 0.137 e. The molecule has 2 aliphatic rings. The molecule has 0 aromatic carbocycles. The van der Waals surface area contributed by atoms with E-state index < -0.39 is 0 Å². The largest absolute Gasteiger partial charge is 0.396 e. The third kappa shape index (κ3) is 2.19. The number of anilines is 1. The SMILES string of the molecule is Cc1c(Cl)nc(C2CC2)nc1N1CCC(CO)C1. The zero-order valence-electron chi connectivity index (χ0n) is 10.6. The van der Waals surface area contributed by atoms with Crippen LogP contribution in [0.5, 0.6) is 0 Å². The average Bonchev–Trinajstić information content (AvgIpc) is 3.11. The zero-order valence-corrected chi connectivity index (χ0v) is 11.3. The summed E-state index contributed by atoms with van der Waals surface area (Å²) in [5.74, 6) is 2.74. The van der Waals surface area contributed by atoms with Gasteiger partial charge in [-0.25, -0.2) is 9.97 Å². The lowest BCUT2D eigenvalue weighted by Crippen LogP contribution is -2.23. The van der Waals surface area contributed by atoms with Crippen LogP contribution in [0.15, 0.2) is 0 Å². The summed E-state index contributed by atoms with van der Waals surface area (Å²) in [5.41, 5.74) is 0.958. The molecule has 2 fully saturated rings. The third-order valence-corrected chi connectivity index (χ3v) is 4.23. The zero-order chi connectivity index (χ0) is 12.7. The fourth-order valence-corrected chi connectivity index (χ4v) is 2.67.